The smallest absolute Gasteiger partial charge is 0.242 e. The fourth-order valence-electron chi connectivity index (χ4n) is 1.29. The quantitative estimate of drug-likeness (QED) is 0.242. The molecular formula is C10H13ClFN3O3S. The number of hydrogen-bond donors (Lipinski definition) is 3. The fourth-order valence-corrected chi connectivity index (χ4v) is 2.87. The first-order chi connectivity index (χ1) is 8.86. The molecule has 6 nitrogen and oxygen atoms in total. The maximum Gasteiger partial charge on any atom is 0.242 e. The third kappa shape index (κ3) is 4.66. The van der Waals surface area contributed by atoms with Crippen LogP contribution in [0.15, 0.2) is 28.3 Å². The molecule has 0 unspecified atom stereocenters. The Hall–Kier alpha value is -1.38. The van der Waals surface area contributed by atoms with Crippen molar-refractivity contribution in [1.82, 2.24) is 4.72 Å². The standard InChI is InChI=1S/C10H13ClFN3O3S/c11-8-4-3-7(12)6-9(8)19(17,18)14-5-1-2-10(13)15-16/h3-4,6,14,16H,1-2,5H2,(H2,13,15). The molecule has 9 heteroatoms. The Bertz CT molecular complexity index is 577. The van der Waals surface area contributed by atoms with Crippen LogP contribution in [0.5, 0.6) is 0 Å². The lowest BCUT2D eigenvalue weighted by molar-refractivity contribution is 0.316. The highest BCUT2D eigenvalue weighted by atomic mass is 35.5. The summed E-state index contributed by atoms with van der Waals surface area (Å²) in [5.74, 6) is -0.690. The van der Waals surface area contributed by atoms with Gasteiger partial charge in [-0.2, -0.15) is 0 Å². The van der Waals surface area contributed by atoms with E-state index >= 15 is 0 Å². The van der Waals surface area contributed by atoms with Gasteiger partial charge >= 0.3 is 0 Å². The molecular weight excluding hydrogens is 297 g/mol. The van der Waals surface area contributed by atoms with Crippen LogP contribution in [0.3, 0.4) is 0 Å². The summed E-state index contributed by atoms with van der Waals surface area (Å²) in [5.41, 5.74) is 5.23. The van der Waals surface area contributed by atoms with Crippen molar-refractivity contribution in [2.24, 2.45) is 10.9 Å². The molecule has 1 aromatic carbocycles. The molecule has 0 aliphatic rings. The van der Waals surface area contributed by atoms with Crippen LogP contribution in [0.2, 0.25) is 5.02 Å². The summed E-state index contributed by atoms with van der Waals surface area (Å²) in [7, 11) is -3.88. The van der Waals surface area contributed by atoms with Crippen molar-refractivity contribution in [1.29, 1.82) is 0 Å². The molecule has 0 fully saturated rings. The second-order valence-corrected chi connectivity index (χ2v) is 5.81. The van der Waals surface area contributed by atoms with Crippen LogP contribution < -0.4 is 10.5 Å². The maximum atomic E-state index is 13.0. The number of hydrogen-bond acceptors (Lipinski definition) is 4. The topological polar surface area (TPSA) is 105 Å². The van der Waals surface area contributed by atoms with Crippen LogP contribution in [-0.2, 0) is 10.0 Å². The molecule has 0 heterocycles. The highest BCUT2D eigenvalue weighted by molar-refractivity contribution is 7.89. The van der Waals surface area contributed by atoms with Gasteiger partial charge in [0.2, 0.25) is 10.0 Å². The number of nitrogens with two attached hydrogens (primary N) is 1. The molecule has 19 heavy (non-hydrogen) atoms. The van der Waals surface area contributed by atoms with Gasteiger partial charge in [0.25, 0.3) is 0 Å². The normalized spacial score (nSPS) is 12.6. The number of nitrogens with one attached hydrogen (secondary N) is 1. The lowest BCUT2D eigenvalue weighted by atomic mass is 10.3. The largest absolute Gasteiger partial charge is 0.409 e. The van der Waals surface area contributed by atoms with E-state index in [9.17, 15) is 12.8 Å². The van der Waals surface area contributed by atoms with Gasteiger partial charge in [0.05, 0.1) is 5.02 Å². The molecule has 1 rings (SSSR count). The Morgan fingerprint density at radius 1 is 1.53 bits per heavy atom. The number of halogens is 2. The minimum absolute atomic E-state index is 0.00276. The molecule has 4 N–H and O–H groups in total. The molecule has 106 valence electrons. The van der Waals surface area contributed by atoms with Gasteiger partial charge in [0.15, 0.2) is 0 Å². The zero-order valence-corrected chi connectivity index (χ0v) is 11.4. The van der Waals surface area contributed by atoms with Gasteiger partial charge < -0.3 is 10.9 Å². The van der Waals surface area contributed by atoms with Crippen molar-refractivity contribution in [2.45, 2.75) is 17.7 Å². The summed E-state index contributed by atoms with van der Waals surface area (Å²) >= 11 is 5.71. The molecule has 0 amide bonds. The zero-order valence-electron chi connectivity index (χ0n) is 9.81. The summed E-state index contributed by atoms with van der Waals surface area (Å²) in [6, 6.07) is 3.08. The average molecular weight is 310 g/mol. The minimum Gasteiger partial charge on any atom is -0.409 e. The van der Waals surface area contributed by atoms with Crippen molar-refractivity contribution in [2.75, 3.05) is 6.54 Å². The Kier molecular flexibility index (Phi) is 5.52. The lowest BCUT2D eigenvalue weighted by Crippen LogP contribution is -2.26. The fraction of sp³-hybridized carbons (Fsp3) is 0.300. The van der Waals surface area contributed by atoms with Crippen molar-refractivity contribution < 1.29 is 18.0 Å². The van der Waals surface area contributed by atoms with Crippen LogP contribution in [0.1, 0.15) is 12.8 Å². The van der Waals surface area contributed by atoms with Gasteiger partial charge in [-0.1, -0.05) is 16.8 Å². The van der Waals surface area contributed by atoms with Gasteiger partial charge in [0.1, 0.15) is 16.5 Å². The molecule has 0 aromatic heterocycles. The number of oxime groups is 1. The molecule has 0 aliphatic heterocycles. The third-order valence-electron chi connectivity index (χ3n) is 2.21. The molecule has 1 aromatic rings. The van der Waals surface area contributed by atoms with E-state index < -0.39 is 15.8 Å². The Morgan fingerprint density at radius 2 is 2.21 bits per heavy atom. The van der Waals surface area contributed by atoms with E-state index in [0.717, 1.165) is 12.1 Å². The highest BCUT2D eigenvalue weighted by Crippen LogP contribution is 2.21. The summed E-state index contributed by atoms with van der Waals surface area (Å²) in [6.07, 6.45) is 0.567. The summed E-state index contributed by atoms with van der Waals surface area (Å²) in [6.45, 7) is 0.0609. The number of amidine groups is 1. The van der Waals surface area contributed by atoms with Crippen LogP contribution in [-0.4, -0.2) is 26.0 Å². The van der Waals surface area contributed by atoms with E-state index in [1.165, 1.54) is 6.07 Å². The van der Waals surface area contributed by atoms with E-state index in [-0.39, 0.29) is 28.7 Å². The third-order valence-corrected chi connectivity index (χ3v) is 4.16. The van der Waals surface area contributed by atoms with Crippen LogP contribution in [0, 0.1) is 5.82 Å². The zero-order chi connectivity index (χ0) is 14.5. The lowest BCUT2D eigenvalue weighted by Gasteiger charge is -2.08. The van der Waals surface area contributed by atoms with Gasteiger partial charge in [0, 0.05) is 13.0 Å². The average Bonchev–Trinajstić information content (AvgIpc) is 2.37. The molecule has 0 spiro atoms. The van der Waals surface area contributed by atoms with Crippen molar-refractivity contribution >= 4 is 27.5 Å². The first-order valence-corrected chi connectivity index (χ1v) is 7.14. The van der Waals surface area contributed by atoms with E-state index in [2.05, 4.69) is 9.88 Å². The van der Waals surface area contributed by atoms with Gasteiger partial charge in [-0.05, 0) is 24.6 Å². The molecule has 0 saturated carbocycles. The second-order valence-electron chi connectivity index (χ2n) is 3.67. The second kappa shape index (κ2) is 6.69. The van der Waals surface area contributed by atoms with Crippen molar-refractivity contribution in [3.8, 4) is 0 Å². The number of benzene rings is 1. The Labute approximate surface area is 115 Å². The first kappa shape index (κ1) is 15.7. The SMILES string of the molecule is N/C(CCCNS(=O)(=O)c1cc(F)ccc1Cl)=N/O. The van der Waals surface area contributed by atoms with E-state index in [0.29, 0.717) is 6.42 Å². The van der Waals surface area contributed by atoms with E-state index in [4.69, 9.17) is 22.5 Å². The number of rotatable bonds is 6. The first-order valence-electron chi connectivity index (χ1n) is 5.28. The monoisotopic (exact) mass is 309 g/mol. The van der Waals surface area contributed by atoms with Gasteiger partial charge in [-0.3, -0.25) is 0 Å². The molecule has 0 radical (unpaired) electrons. The molecule has 0 bridgehead atoms. The van der Waals surface area contributed by atoms with Crippen LogP contribution in [0.25, 0.3) is 0 Å². The minimum atomic E-state index is -3.88. The Morgan fingerprint density at radius 3 is 2.84 bits per heavy atom. The number of sulfonamides is 1. The maximum absolute atomic E-state index is 13.0. The highest BCUT2D eigenvalue weighted by Gasteiger charge is 2.18. The summed E-state index contributed by atoms with van der Waals surface area (Å²) in [5, 5.41) is 11.0. The van der Waals surface area contributed by atoms with Crippen molar-refractivity contribution in [3.05, 3.63) is 29.0 Å². The van der Waals surface area contributed by atoms with Crippen LogP contribution >= 0.6 is 11.6 Å². The summed E-state index contributed by atoms with van der Waals surface area (Å²) < 4.78 is 39.0. The van der Waals surface area contributed by atoms with Gasteiger partial charge in [-0.15, -0.1) is 0 Å². The summed E-state index contributed by atoms with van der Waals surface area (Å²) in [4.78, 5) is -0.321. The van der Waals surface area contributed by atoms with Gasteiger partial charge in [-0.25, -0.2) is 17.5 Å². The van der Waals surface area contributed by atoms with Crippen molar-refractivity contribution in [3.63, 3.8) is 0 Å². The van der Waals surface area contributed by atoms with E-state index in [1.54, 1.807) is 0 Å². The molecule has 0 atom stereocenters. The van der Waals surface area contributed by atoms with E-state index in [1.807, 2.05) is 0 Å². The molecule has 0 saturated heterocycles. The number of nitrogens with zero attached hydrogens (tertiary/aromatic N) is 1. The van der Waals surface area contributed by atoms with Crippen LogP contribution in [0.4, 0.5) is 4.39 Å². The Balaban J connectivity index is 2.69. The predicted molar refractivity (Wildman–Crippen MR) is 69.2 cm³/mol. The molecule has 0 aliphatic carbocycles. The predicted octanol–water partition coefficient (Wildman–Crippen LogP) is 1.28.